The first kappa shape index (κ1) is 18.0. The molecule has 0 aliphatic carbocycles. The summed E-state index contributed by atoms with van der Waals surface area (Å²) < 4.78 is 43.7. The Balaban J connectivity index is 1.48. The van der Waals surface area contributed by atoms with E-state index in [0.29, 0.717) is 36.0 Å². The molecule has 0 spiro atoms. The zero-order valence-electron chi connectivity index (χ0n) is 13.7. The van der Waals surface area contributed by atoms with Crippen molar-refractivity contribution in [2.75, 3.05) is 26.4 Å². The normalized spacial score (nSPS) is 13.1. The molecule has 9 heteroatoms. The number of fused-ring (bicyclic) bond motifs is 1. The van der Waals surface area contributed by atoms with E-state index in [1.54, 1.807) is 18.2 Å². The van der Waals surface area contributed by atoms with E-state index in [1.807, 2.05) is 0 Å². The Kier molecular flexibility index (Phi) is 5.29. The Morgan fingerprint density at radius 1 is 1.00 bits per heavy atom. The summed E-state index contributed by atoms with van der Waals surface area (Å²) in [5.74, 6) is 1.04. The van der Waals surface area contributed by atoms with Crippen LogP contribution in [0.4, 0.5) is 0 Å². The van der Waals surface area contributed by atoms with Crippen molar-refractivity contribution in [1.82, 2.24) is 0 Å². The Hall–Kier alpha value is -2.78. The van der Waals surface area contributed by atoms with Crippen molar-refractivity contribution in [3.63, 3.8) is 0 Å². The minimum atomic E-state index is -3.74. The number of esters is 1. The van der Waals surface area contributed by atoms with Gasteiger partial charge in [-0.05, 0) is 42.5 Å². The van der Waals surface area contributed by atoms with E-state index < -0.39 is 16.0 Å². The molecule has 1 heterocycles. The van der Waals surface area contributed by atoms with Crippen LogP contribution in [-0.2, 0) is 14.8 Å². The maximum absolute atomic E-state index is 12.0. The molecule has 138 valence electrons. The van der Waals surface area contributed by atoms with E-state index in [4.69, 9.17) is 24.1 Å². The topological polar surface area (TPSA) is 114 Å². The lowest BCUT2D eigenvalue weighted by Gasteiger charge is -2.18. The van der Waals surface area contributed by atoms with Crippen molar-refractivity contribution >= 4 is 16.0 Å². The molecule has 8 nitrogen and oxygen atoms in total. The number of primary sulfonamides is 1. The number of hydrogen-bond donors (Lipinski definition) is 1. The molecule has 2 N–H and O–H groups in total. The molecule has 2 aromatic rings. The third-order valence-corrected chi connectivity index (χ3v) is 4.44. The molecule has 0 atom stereocenters. The predicted molar refractivity (Wildman–Crippen MR) is 91.0 cm³/mol. The Bertz CT molecular complexity index is 894. The number of nitrogens with two attached hydrogens (primary N) is 1. The SMILES string of the molecule is NS(=O)(=O)c1ccc(OCCOC(=O)c2ccc3c(c2)OCCO3)cc1. The van der Waals surface area contributed by atoms with Gasteiger partial charge in [0.05, 0.1) is 10.5 Å². The summed E-state index contributed by atoms with van der Waals surface area (Å²) in [6.07, 6.45) is 0. The van der Waals surface area contributed by atoms with Gasteiger partial charge in [0.2, 0.25) is 10.0 Å². The molecule has 0 fully saturated rings. The molecule has 0 amide bonds. The Morgan fingerprint density at radius 3 is 2.38 bits per heavy atom. The molecule has 0 bridgehead atoms. The summed E-state index contributed by atoms with van der Waals surface area (Å²) >= 11 is 0. The molecule has 0 unspecified atom stereocenters. The van der Waals surface area contributed by atoms with Crippen LogP contribution in [0.5, 0.6) is 17.2 Å². The summed E-state index contributed by atoms with van der Waals surface area (Å²) in [7, 11) is -3.74. The molecule has 3 rings (SSSR count). The van der Waals surface area contributed by atoms with Gasteiger partial charge in [0.25, 0.3) is 0 Å². The van der Waals surface area contributed by atoms with Crippen LogP contribution in [0.15, 0.2) is 47.4 Å². The molecule has 2 aromatic carbocycles. The maximum Gasteiger partial charge on any atom is 0.338 e. The number of carbonyl (C=O) groups excluding carboxylic acids is 1. The molecular formula is C17H17NO7S. The van der Waals surface area contributed by atoms with E-state index in [2.05, 4.69) is 0 Å². The van der Waals surface area contributed by atoms with Gasteiger partial charge in [-0.1, -0.05) is 0 Å². The maximum atomic E-state index is 12.0. The van der Waals surface area contributed by atoms with Crippen LogP contribution in [-0.4, -0.2) is 40.8 Å². The number of sulfonamides is 1. The van der Waals surface area contributed by atoms with Crippen LogP contribution < -0.4 is 19.3 Å². The third kappa shape index (κ3) is 4.44. The van der Waals surface area contributed by atoms with Gasteiger partial charge in [0.15, 0.2) is 11.5 Å². The molecule has 26 heavy (non-hydrogen) atoms. The Labute approximate surface area is 150 Å². The molecule has 1 aliphatic rings. The average Bonchev–Trinajstić information content (AvgIpc) is 2.64. The summed E-state index contributed by atoms with van der Waals surface area (Å²) in [5.41, 5.74) is 0.353. The zero-order valence-corrected chi connectivity index (χ0v) is 14.5. The van der Waals surface area contributed by atoms with Gasteiger partial charge < -0.3 is 18.9 Å². The lowest BCUT2D eigenvalue weighted by Crippen LogP contribution is -2.16. The molecule has 0 saturated carbocycles. The van der Waals surface area contributed by atoms with Gasteiger partial charge in [-0.25, -0.2) is 18.4 Å². The highest BCUT2D eigenvalue weighted by Gasteiger charge is 2.15. The fraction of sp³-hybridized carbons (Fsp3) is 0.235. The van der Waals surface area contributed by atoms with Gasteiger partial charge in [0, 0.05) is 0 Å². The quantitative estimate of drug-likeness (QED) is 0.595. The second kappa shape index (κ2) is 7.63. The van der Waals surface area contributed by atoms with Gasteiger partial charge in [-0.3, -0.25) is 0 Å². The van der Waals surface area contributed by atoms with Gasteiger partial charge in [0.1, 0.15) is 32.2 Å². The van der Waals surface area contributed by atoms with E-state index in [0.717, 1.165) is 0 Å². The predicted octanol–water partition coefficient (Wildman–Crippen LogP) is 1.34. The lowest BCUT2D eigenvalue weighted by atomic mass is 10.2. The second-order valence-electron chi connectivity index (χ2n) is 5.36. The highest BCUT2D eigenvalue weighted by molar-refractivity contribution is 7.89. The van der Waals surface area contributed by atoms with Crippen LogP contribution in [0.25, 0.3) is 0 Å². The van der Waals surface area contributed by atoms with Crippen LogP contribution >= 0.6 is 0 Å². The van der Waals surface area contributed by atoms with Crippen molar-refractivity contribution in [3.05, 3.63) is 48.0 Å². The highest BCUT2D eigenvalue weighted by Crippen LogP contribution is 2.30. The first-order valence-electron chi connectivity index (χ1n) is 7.76. The molecule has 0 radical (unpaired) electrons. The summed E-state index contributed by atoms with van der Waals surface area (Å²) in [6.45, 7) is 1.06. The second-order valence-corrected chi connectivity index (χ2v) is 6.92. The summed E-state index contributed by atoms with van der Waals surface area (Å²) in [5, 5.41) is 5.02. The third-order valence-electron chi connectivity index (χ3n) is 3.52. The first-order chi connectivity index (χ1) is 12.4. The van der Waals surface area contributed by atoms with Crippen molar-refractivity contribution < 1.29 is 32.2 Å². The molecular weight excluding hydrogens is 362 g/mol. The van der Waals surface area contributed by atoms with E-state index in [-0.39, 0.29) is 18.1 Å². The number of ether oxygens (including phenoxy) is 4. The summed E-state index contributed by atoms with van der Waals surface area (Å²) in [6, 6.07) is 10.5. The average molecular weight is 379 g/mol. The smallest absolute Gasteiger partial charge is 0.338 e. The largest absolute Gasteiger partial charge is 0.490 e. The van der Waals surface area contributed by atoms with E-state index in [1.165, 1.54) is 24.3 Å². The van der Waals surface area contributed by atoms with E-state index >= 15 is 0 Å². The zero-order chi connectivity index (χ0) is 18.6. The first-order valence-corrected chi connectivity index (χ1v) is 9.30. The fourth-order valence-electron chi connectivity index (χ4n) is 2.27. The Morgan fingerprint density at radius 2 is 1.69 bits per heavy atom. The van der Waals surface area contributed by atoms with E-state index in [9.17, 15) is 13.2 Å². The number of hydrogen-bond acceptors (Lipinski definition) is 7. The molecule has 0 aromatic heterocycles. The fourth-order valence-corrected chi connectivity index (χ4v) is 2.79. The lowest BCUT2D eigenvalue weighted by molar-refractivity contribution is 0.0449. The van der Waals surface area contributed by atoms with Crippen molar-refractivity contribution in [2.45, 2.75) is 4.90 Å². The standard InChI is InChI=1S/C17H17NO7S/c18-26(20,21)14-4-2-13(3-5-14)22-7-10-25-17(19)12-1-6-15-16(11-12)24-9-8-23-15/h1-6,11H,7-10H2,(H2,18,20,21). The van der Waals surface area contributed by atoms with Crippen LogP contribution in [0.2, 0.25) is 0 Å². The molecule has 0 saturated heterocycles. The number of rotatable bonds is 6. The minimum absolute atomic E-state index is 0.00474. The van der Waals surface area contributed by atoms with Crippen LogP contribution in [0.1, 0.15) is 10.4 Å². The molecule has 1 aliphatic heterocycles. The van der Waals surface area contributed by atoms with Crippen LogP contribution in [0.3, 0.4) is 0 Å². The van der Waals surface area contributed by atoms with Gasteiger partial charge >= 0.3 is 5.97 Å². The van der Waals surface area contributed by atoms with Crippen molar-refractivity contribution in [2.24, 2.45) is 5.14 Å². The monoisotopic (exact) mass is 379 g/mol. The number of carbonyl (C=O) groups is 1. The van der Waals surface area contributed by atoms with Gasteiger partial charge in [-0.2, -0.15) is 0 Å². The van der Waals surface area contributed by atoms with Crippen molar-refractivity contribution in [1.29, 1.82) is 0 Å². The number of benzene rings is 2. The van der Waals surface area contributed by atoms with Crippen molar-refractivity contribution in [3.8, 4) is 17.2 Å². The minimum Gasteiger partial charge on any atom is -0.490 e. The highest BCUT2D eigenvalue weighted by atomic mass is 32.2. The van der Waals surface area contributed by atoms with Gasteiger partial charge in [-0.15, -0.1) is 0 Å². The van der Waals surface area contributed by atoms with Crippen LogP contribution in [0, 0.1) is 0 Å². The summed E-state index contributed by atoms with van der Waals surface area (Å²) in [4.78, 5) is 12.0.